The lowest BCUT2D eigenvalue weighted by molar-refractivity contribution is -0.112. The van der Waals surface area contributed by atoms with Crippen LogP contribution in [0.2, 0.25) is 0 Å². The van der Waals surface area contributed by atoms with Gasteiger partial charge in [0.05, 0.1) is 7.82 Å². The zero-order valence-electron chi connectivity index (χ0n) is 6.10. The molecule has 0 amide bonds. The Morgan fingerprint density at radius 1 is 1.30 bits per heavy atom. The molecule has 0 aromatic heterocycles. The SMILES string of the molecule is CSC(SC)=C(I)C(C)=O. The highest BCUT2D eigenvalue weighted by molar-refractivity contribution is 14.1. The molecule has 0 aliphatic rings. The van der Waals surface area contributed by atoms with Crippen molar-refractivity contribution in [2.75, 3.05) is 12.5 Å². The lowest BCUT2D eigenvalue weighted by Crippen LogP contribution is -1.89. The van der Waals surface area contributed by atoms with E-state index >= 15 is 0 Å². The summed E-state index contributed by atoms with van der Waals surface area (Å²) in [6, 6.07) is 0. The van der Waals surface area contributed by atoms with Crippen LogP contribution in [0.25, 0.3) is 0 Å². The maximum absolute atomic E-state index is 10.8. The Morgan fingerprint density at radius 3 is 1.80 bits per heavy atom. The van der Waals surface area contributed by atoms with E-state index in [1.807, 2.05) is 12.5 Å². The Kier molecular flexibility index (Phi) is 5.95. The fraction of sp³-hybridized carbons (Fsp3) is 0.500. The molecular weight excluding hydrogens is 279 g/mol. The first-order chi connectivity index (χ1) is 4.63. The second kappa shape index (κ2) is 5.49. The van der Waals surface area contributed by atoms with Crippen molar-refractivity contribution in [3.8, 4) is 0 Å². The minimum atomic E-state index is 0.152. The maximum Gasteiger partial charge on any atom is 0.167 e. The van der Waals surface area contributed by atoms with Gasteiger partial charge in [-0.05, 0) is 42.0 Å². The van der Waals surface area contributed by atoms with Gasteiger partial charge >= 0.3 is 0 Å². The van der Waals surface area contributed by atoms with Gasteiger partial charge in [0.25, 0.3) is 0 Å². The third kappa shape index (κ3) is 3.30. The van der Waals surface area contributed by atoms with E-state index in [-0.39, 0.29) is 5.78 Å². The molecule has 58 valence electrons. The normalized spacial score (nSPS) is 9.20. The van der Waals surface area contributed by atoms with Crippen molar-refractivity contribution in [3.63, 3.8) is 0 Å². The number of carbonyl (C=O) groups is 1. The summed E-state index contributed by atoms with van der Waals surface area (Å²) in [6.45, 7) is 1.59. The third-order valence-electron chi connectivity index (χ3n) is 0.859. The van der Waals surface area contributed by atoms with Gasteiger partial charge in [0.15, 0.2) is 5.78 Å². The average Bonchev–Trinajstić information content (AvgIpc) is 1.90. The zero-order chi connectivity index (χ0) is 8.15. The largest absolute Gasteiger partial charge is 0.294 e. The molecule has 0 heterocycles. The predicted molar refractivity (Wildman–Crippen MR) is 58.8 cm³/mol. The maximum atomic E-state index is 10.8. The highest BCUT2D eigenvalue weighted by atomic mass is 127. The van der Waals surface area contributed by atoms with Crippen molar-refractivity contribution in [1.29, 1.82) is 0 Å². The van der Waals surface area contributed by atoms with Gasteiger partial charge in [0, 0.05) is 0 Å². The van der Waals surface area contributed by atoms with Crippen molar-refractivity contribution in [1.82, 2.24) is 0 Å². The number of ketones is 1. The average molecular weight is 288 g/mol. The molecule has 0 fully saturated rings. The number of rotatable bonds is 3. The fourth-order valence-electron chi connectivity index (χ4n) is 0.406. The summed E-state index contributed by atoms with van der Waals surface area (Å²) >= 11 is 5.32. The standard InChI is InChI=1S/C6H9IOS2/c1-4(8)5(7)6(9-2)10-3/h1-3H3. The Balaban J connectivity index is 4.43. The lowest BCUT2D eigenvalue weighted by Gasteiger charge is -2.00. The van der Waals surface area contributed by atoms with Crippen molar-refractivity contribution in [3.05, 3.63) is 7.82 Å². The molecule has 0 bridgehead atoms. The molecule has 10 heavy (non-hydrogen) atoms. The Morgan fingerprint density at radius 2 is 1.70 bits per heavy atom. The van der Waals surface area contributed by atoms with Crippen molar-refractivity contribution in [2.45, 2.75) is 6.92 Å². The summed E-state index contributed by atoms with van der Waals surface area (Å²) in [5, 5.41) is 0. The Hall–Kier alpha value is 0.840. The van der Waals surface area contributed by atoms with Crippen LogP contribution in [0, 0.1) is 0 Å². The first-order valence-corrected chi connectivity index (χ1v) is 6.15. The second-order valence-electron chi connectivity index (χ2n) is 1.57. The summed E-state index contributed by atoms with van der Waals surface area (Å²) in [5.41, 5.74) is 0. The van der Waals surface area contributed by atoms with Crippen LogP contribution in [0.5, 0.6) is 0 Å². The van der Waals surface area contributed by atoms with E-state index in [1.165, 1.54) is 0 Å². The molecule has 4 heteroatoms. The number of allylic oxidation sites excluding steroid dienone is 1. The molecule has 1 nitrogen and oxygen atoms in total. The van der Waals surface area contributed by atoms with E-state index in [0.29, 0.717) is 0 Å². The molecule has 0 atom stereocenters. The van der Waals surface area contributed by atoms with Gasteiger partial charge in [0.1, 0.15) is 0 Å². The van der Waals surface area contributed by atoms with Crippen LogP contribution in [0.3, 0.4) is 0 Å². The Labute approximate surface area is 83.5 Å². The van der Waals surface area contributed by atoms with Gasteiger partial charge in [-0.25, -0.2) is 0 Å². The molecule has 0 aliphatic carbocycles. The first-order valence-electron chi connectivity index (χ1n) is 2.62. The predicted octanol–water partition coefficient (Wildman–Crippen LogP) is 2.91. The summed E-state index contributed by atoms with van der Waals surface area (Å²) in [5.74, 6) is 0.152. The topological polar surface area (TPSA) is 17.1 Å². The Bertz CT molecular complexity index is 159. The van der Waals surface area contributed by atoms with Gasteiger partial charge in [-0.15, -0.1) is 23.5 Å². The van der Waals surface area contributed by atoms with Crippen LogP contribution < -0.4 is 0 Å². The van der Waals surface area contributed by atoms with Gasteiger partial charge < -0.3 is 0 Å². The van der Waals surface area contributed by atoms with Crippen molar-refractivity contribution >= 4 is 51.9 Å². The van der Waals surface area contributed by atoms with Gasteiger partial charge in [-0.2, -0.15) is 0 Å². The second-order valence-corrected chi connectivity index (χ2v) is 4.54. The van der Waals surface area contributed by atoms with Crippen LogP contribution in [0.4, 0.5) is 0 Å². The van der Waals surface area contributed by atoms with Gasteiger partial charge in [0.2, 0.25) is 0 Å². The van der Waals surface area contributed by atoms with Crippen LogP contribution in [0.15, 0.2) is 7.82 Å². The molecule has 0 spiro atoms. The van der Waals surface area contributed by atoms with Gasteiger partial charge in [-0.3, -0.25) is 4.79 Å². The molecular formula is C6H9IOS2. The molecule has 0 radical (unpaired) electrons. The van der Waals surface area contributed by atoms with E-state index in [9.17, 15) is 4.79 Å². The van der Waals surface area contributed by atoms with Crippen LogP contribution in [-0.4, -0.2) is 18.3 Å². The van der Waals surface area contributed by atoms with Crippen molar-refractivity contribution in [2.24, 2.45) is 0 Å². The number of hydrogen-bond acceptors (Lipinski definition) is 3. The summed E-state index contributed by atoms with van der Waals surface area (Å²) < 4.78 is 1.95. The number of hydrogen-bond donors (Lipinski definition) is 0. The van der Waals surface area contributed by atoms with Crippen LogP contribution in [-0.2, 0) is 4.79 Å². The van der Waals surface area contributed by atoms with Crippen LogP contribution >= 0.6 is 46.1 Å². The highest BCUT2D eigenvalue weighted by Gasteiger charge is 2.05. The molecule has 0 aromatic carbocycles. The number of carbonyl (C=O) groups excluding carboxylic acids is 1. The van der Waals surface area contributed by atoms with E-state index in [4.69, 9.17) is 0 Å². The zero-order valence-corrected chi connectivity index (χ0v) is 9.89. The quantitative estimate of drug-likeness (QED) is 0.587. The lowest BCUT2D eigenvalue weighted by atomic mass is 10.5. The van der Waals surface area contributed by atoms with E-state index in [0.717, 1.165) is 7.82 Å². The molecule has 0 N–H and O–H groups in total. The van der Waals surface area contributed by atoms with Crippen molar-refractivity contribution < 1.29 is 4.79 Å². The number of Topliss-reactive ketones (excluding diaryl/α,β-unsaturated/α-hetero) is 1. The molecule has 0 rings (SSSR count). The minimum Gasteiger partial charge on any atom is -0.294 e. The third-order valence-corrected chi connectivity index (χ3v) is 5.04. The van der Waals surface area contributed by atoms with E-state index < -0.39 is 0 Å². The smallest absolute Gasteiger partial charge is 0.167 e. The number of thioether (sulfide) groups is 2. The minimum absolute atomic E-state index is 0.152. The highest BCUT2D eigenvalue weighted by Crippen LogP contribution is 2.30. The first kappa shape index (κ1) is 10.8. The molecule has 0 aliphatic heterocycles. The fourth-order valence-corrected chi connectivity index (χ4v) is 3.04. The monoisotopic (exact) mass is 288 g/mol. The molecule has 0 aromatic rings. The van der Waals surface area contributed by atoms with Crippen LogP contribution in [0.1, 0.15) is 6.92 Å². The molecule has 0 saturated carbocycles. The molecule has 0 unspecified atom stereocenters. The summed E-state index contributed by atoms with van der Waals surface area (Å²) in [4.78, 5) is 10.8. The molecule has 0 saturated heterocycles. The van der Waals surface area contributed by atoms with Gasteiger partial charge in [-0.1, -0.05) is 0 Å². The van der Waals surface area contributed by atoms with E-state index in [2.05, 4.69) is 22.6 Å². The summed E-state index contributed by atoms with van der Waals surface area (Å²) in [7, 11) is 0. The summed E-state index contributed by atoms with van der Waals surface area (Å²) in [6.07, 6.45) is 3.96. The number of halogens is 1. The van der Waals surface area contributed by atoms with E-state index in [1.54, 1.807) is 30.4 Å².